The zero-order valence-electron chi connectivity index (χ0n) is 20.3. The fourth-order valence-corrected chi connectivity index (χ4v) is 5.28. The highest BCUT2D eigenvalue weighted by atomic mass is 16.5. The van der Waals surface area contributed by atoms with Crippen molar-refractivity contribution in [2.24, 2.45) is 5.92 Å². The second kappa shape index (κ2) is 9.95. The third-order valence-corrected chi connectivity index (χ3v) is 7.00. The molecule has 0 radical (unpaired) electrons. The number of furan rings is 1. The van der Waals surface area contributed by atoms with E-state index in [4.69, 9.17) is 18.9 Å². The molecule has 3 aliphatic heterocycles. The van der Waals surface area contributed by atoms with Crippen molar-refractivity contribution in [3.8, 4) is 23.0 Å². The van der Waals surface area contributed by atoms with Crippen LogP contribution in [0, 0.1) is 12.8 Å². The van der Waals surface area contributed by atoms with Gasteiger partial charge in [-0.1, -0.05) is 0 Å². The standard InChI is InChI=1S/C26H31N5O4/c1-16-28-23(13-24(29-16)25-5-4-8-35-25)22-15-31-7-6-17(22)9-19(31)14-27-26(32)30-18-10-20(33-2)12-21(11-18)34-3/h4-5,8,10-13,17,19,22H,6-7,9,14-15H2,1-3H3,(H2,27,30,32)/t17-,19+,22-/m0/s1. The molecule has 2 aromatic heterocycles. The molecule has 1 aromatic carbocycles. The van der Waals surface area contributed by atoms with Crippen LogP contribution in [0.4, 0.5) is 10.5 Å². The van der Waals surface area contributed by atoms with Crippen LogP contribution in [0.2, 0.25) is 0 Å². The lowest BCUT2D eigenvalue weighted by Crippen LogP contribution is -2.56. The van der Waals surface area contributed by atoms with E-state index < -0.39 is 0 Å². The molecule has 184 valence electrons. The van der Waals surface area contributed by atoms with Gasteiger partial charge in [-0.2, -0.15) is 0 Å². The van der Waals surface area contributed by atoms with Crippen LogP contribution in [-0.4, -0.2) is 60.8 Å². The van der Waals surface area contributed by atoms with Gasteiger partial charge in [0, 0.05) is 54.6 Å². The topological polar surface area (TPSA) is 102 Å². The highest BCUT2D eigenvalue weighted by Gasteiger charge is 2.41. The molecule has 9 nitrogen and oxygen atoms in total. The van der Waals surface area contributed by atoms with E-state index >= 15 is 0 Å². The molecule has 9 heteroatoms. The van der Waals surface area contributed by atoms with Crippen molar-refractivity contribution in [3.63, 3.8) is 0 Å². The molecule has 2 amide bonds. The summed E-state index contributed by atoms with van der Waals surface area (Å²) >= 11 is 0. The normalized spacial score (nSPS) is 23.1. The van der Waals surface area contributed by atoms with Crippen molar-refractivity contribution in [2.75, 3.05) is 39.2 Å². The summed E-state index contributed by atoms with van der Waals surface area (Å²) in [4.78, 5) is 24.4. The maximum atomic E-state index is 12.6. The van der Waals surface area contributed by atoms with Crippen LogP contribution in [0.3, 0.4) is 0 Å². The molecule has 3 fully saturated rings. The summed E-state index contributed by atoms with van der Waals surface area (Å²) in [5.41, 5.74) is 2.53. The molecule has 5 heterocycles. The predicted molar refractivity (Wildman–Crippen MR) is 132 cm³/mol. The molecule has 3 saturated heterocycles. The van der Waals surface area contributed by atoms with Gasteiger partial charge in [0.1, 0.15) is 23.0 Å². The molecular weight excluding hydrogens is 446 g/mol. The molecule has 2 N–H and O–H groups in total. The third-order valence-electron chi connectivity index (χ3n) is 7.00. The van der Waals surface area contributed by atoms with Crippen LogP contribution in [0.5, 0.6) is 11.5 Å². The van der Waals surface area contributed by atoms with E-state index in [1.54, 1.807) is 38.7 Å². The molecule has 4 atom stereocenters. The number of carbonyl (C=O) groups is 1. The first kappa shape index (κ1) is 23.2. The highest BCUT2D eigenvalue weighted by molar-refractivity contribution is 5.89. The van der Waals surface area contributed by atoms with Gasteiger partial charge in [0.25, 0.3) is 0 Å². The molecule has 3 aliphatic rings. The summed E-state index contributed by atoms with van der Waals surface area (Å²) in [5.74, 6) is 3.65. The molecule has 35 heavy (non-hydrogen) atoms. The lowest BCUT2D eigenvalue weighted by Gasteiger charge is -2.49. The molecule has 2 bridgehead atoms. The lowest BCUT2D eigenvalue weighted by atomic mass is 9.74. The Labute approximate surface area is 204 Å². The molecule has 0 saturated carbocycles. The van der Waals surface area contributed by atoms with Gasteiger partial charge >= 0.3 is 6.03 Å². The number of fused-ring (bicyclic) bond motifs is 3. The van der Waals surface area contributed by atoms with Crippen LogP contribution < -0.4 is 20.1 Å². The molecule has 0 aliphatic carbocycles. The average Bonchev–Trinajstić information content (AvgIpc) is 3.42. The van der Waals surface area contributed by atoms with E-state index in [0.29, 0.717) is 41.6 Å². The number of methoxy groups -OCH3 is 2. The predicted octanol–water partition coefficient (Wildman–Crippen LogP) is 4.06. The monoisotopic (exact) mass is 477 g/mol. The summed E-state index contributed by atoms with van der Waals surface area (Å²) in [6, 6.07) is 11.2. The Morgan fingerprint density at radius 2 is 1.97 bits per heavy atom. The van der Waals surface area contributed by atoms with Gasteiger partial charge in [-0.05, 0) is 50.4 Å². The van der Waals surface area contributed by atoms with E-state index in [1.807, 2.05) is 19.1 Å². The van der Waals surface area contributed by atoms with Crippen molar-refractivity contribution in [1.82, 2.24) is 20.2 Å². The zero-order valence-corrected chi connectivity index (χ0v) is 20.3. The molecule has 0 spiro atoms. The van der Waals surface area contributed by atoms with E-state index in [-0.39, 0.29) is 6.03 Å². The third kappa shape index (κ3) is 5.09. The van der Waals surface area contributed by atoms with E-state index in [9.17, 15) is 4.79 Å². The summed E-state index contributed by atoms with van der Waals surface area (Å²) < 4.78 is 16.1. The first-order chi connectivity index (χ1) is 17.0. The van der Waals surface area contributed by atoms with Crippen LogP contribution in [0.15, 0.2) is 47.1 Å². The first-order valence-electron chi connectivity index (χ1n) is 11.9. The minimum absolute atomic E-state index is 0.242. The summed E-state index contributed by atoms with van der Waals surface area (Å²) in [5, 5.41) is 5.92. The highest BCUT2D eigenvalue weighted by Crippen LogP contribution is 2.41. The Bertz CT molecular complexity index is 1160. The number of urea groups is 1. The van der Waals surface area contributed by atoms with Crippen molar-refractivity contribution in [3.05, 3.63) is 54.2 Å². The maximum absolute atomic E-state index is 12.6. The fourth-order valence-electron chi connectivity index (χ4n) is 5.28. The Kier molecular flexibility index (Phi) is 6.59. The van der Waals surface area contributed by atoms with Gasteiger partial charge in [-0.15, -0.1) is 0 Å². The van der Waals surface area contributed by atoms with Gasteiger partial charge in [-0.3, -0.25) is 4.90 Å². The largest absolute Gasteiger partial charge is 0.497 e. The Morgan fingerprint density at radius 1 is 1.17 bits per heavy atom. The number of hydrogen-bond acceptors (Lipinski definition) is 7. The minimum atomic E-state index is -0.242. The molecule has 6 rings (SSSR count). The number of aryl methyl sites for hydroxylation is 1. The average molecular weight is 478 g/mol. The quantitative estimate of drug-likeness (QED) is 0.529. The van der Waals surface area contributed by atoms with E-state index in [2.05, 4.69) is 26.6 Å². The Hall–Kier alpha value is -3.59. The second-order valence-electron chi connectivity index (χ2n) is 9.18. The zero-order chi connectivity index (χ0) is 24.4. The van der Waals surface area contributed by atoms with Crippen molar-refractivity contribution in [1.29, 1.82) is 0 Å². The van der Waals surface area contributed by atoms with Gasteiger partial charge in [0.05, 0.1) is 20.5 Å². The van der Waals surface area contributed by atoms with Gasteiger partial charge in [-0.25, -0.2) is 14.8 Å². The van der Waals surface area contributed by atoms with Crippen LogP contribution in [0.25, 0.3) is 11.5 Å². The number of piperidine rings is 3. The minimum Gasteiger partial charge on any atom is -0.497 e. The summed E-state index contributed by atoms with van der Waals surface area (Å²) in [6.45, 7) is 4.49. The number of nitrogens with zero attached hydrogens (tertiary/aromatic N) is 3. The number of aromatic nitrogens is 2. The van der Waals surface area contributed by atoms with Crippen molar-refractivity contribution >= 4 is 11.7 Å². The van der Waals surface area contributed by atoms with E-state index in [1.165, 1.54) is 0 Å². The van der Waals surface area contributed by atoms with Crippen molar-refractivity contribution < 1.29 is 18.7 Å². The number of hydrogen-bond donors (Lipinski definition) is 2. The number of carbonyl (C=O) groups excluding carboxylic acids is 1. The number of rotatable bonds is 7. The number of amides is 2. The van der Waals surface area contributed by atoms with Crippen LogP contribution >= 0.6 is 0 Å². The summed E-state index contributed by atoms with van der Waals surface area (Å²) in [7, 11) is 3.16. The van der Waals surface area contributed by atoms with Gasteiger partial charge in [0.2, 0.25) is 0 Å². The number of benzene rings is 1. The van der Waals surface area contributed by atoms with Crippen LogP contribution in [0.1, 0.15) is 30.3 Å². The fraction of sp³-hybridized carbons (Fsp3) is 0.423. The smallest absolute Gasteiger partial charge is 0.319 e. The Morgan fingerprint density at radius 3 is 2.63 bits per heavy atom. The molecule has 1 unspecified atom stereocenters. The summed E-state index contributed by atoms with van der Waals surface area (Å²) in [6.07, 6.45) is 3.83. The number of ether oxygens (including phenoxy) is 2. The number of nitrogens with one attached hydrogen (secondary N) is 2. The number of anilines is 1. The Balaban J connectivity index is 1.21. The lowest BCUT2D eigenvalue weighted by molar-refractivity contribution is 0.0307. The first-order valence-corrected chi connectivity index (χ1v) is 11.9. The molecular formula is C26H31N5O4. The van der Waals surface area contributed by atoms with Gasteiger partial charge in [0.15, 0.2) is 5.76 Å². The van der Waals surface area contributed by atoms with Crippen LogP contribution in [-0.2, 0) is 0 Å². The SMILES string of the molecule is COc1cc(NC(=O)NC[C@H]2C[C@@H]3CCN2C[C@@H]3c2cc(-c3ccco3)nc(C)n2)cc(OC)c1. The van der Waals surface area contributed by atoms with E-state index in [0.717, 1.165) is 48.9 Å². The van der Waals surface area contributed by atoms with Gasteiger partial charge < -0.3 is 24.5 Å². The second-order valence-corrected chi connectivity index (χ2v) is 9.18. The molecule has 3 aromatic rings. The maximum Gasteiger partial charge on any atom is 0.319 e. The van der Waals surface area contributed by atoms with Crippen molar-refractivity contribution in [2.45, 2.75) is 31.7 Å².